The Balaban J connectivity index is 1.53. The summed E-state index contributed by atoms with van der Waals surface area (Å²) in [6, 6.07) is 15.7. The number of hydrogen-bond donors (Lipinski definition) is 0. The minimum Gasteiger partial charge on any atom is -0.334 e. The van der Waals surface area contributed by atoms with E-state index in [-0.39, 0.29) is 24.1 Å². The fourth-order valence-corrected chi connectivity index (χ4v) is 3.36. The molecule has 0 saturated heterocycles. The van der Waals surface area contributed by atoms with Crippen molar-refractivity contribution in [2.75, 3.05) is 0 Å². The normalized spacial score (nSPS) is 13.8. The summed E-state index contributed by atoms with van der Waals surface area (Å²) < 4.78 is 1.17. The standard InChI is InChI=1S/C22H24N4O2/c1-15(2)17-9-7-16(8-10-17)13-25(18-11-12-18)21(27)14-26-22(28)19-5-3-4-6-20(19)23-24-26/h3-10,15,18H,11-14H2,1-2H3. The molecule has 1 amide bonds. The van der Waals surface area contributed by atoms with Crippen molar-refractivity contribution in [1.29, 1.82) is 0 Å². The Morgan fingerprint density at radius 3 is 2.54 bits per heavy atom. The maximum absolute atomic E-state index is 13.0. The van der Waals surface area contributed by atoms with Gasteiger partial charge in [-0.05, 0) is 42.0 Å². The van der Waals surface area contributed by atoms with Crippen LogP contribution in [0.3, 0.4) is 0 Å². The third-order valence-electron chi connectivity index (χ3n) is 5.22. The lowest BCUT2D eigenvalue weighted by Gasteiger charge is -2.23. The Morgan fingerprint density at radius 1 is 1.14 bits per heavy atom. The van der Waals surface area contributed by atoms with Crippen molar-refractivity contribution in [3.05, 3.63) is 70.0 Å². The van der Waals surface area contributed by atoms with Crippen LogP contribution in [0.4, 0.5) is 0 Å². The van der Waals surface area contributed by atoms with Gasteiger partial charge in [-0.2, -0.15) is 0 Å². The third-order valence-corrected chi connectivity index (χ3v) is 5.22. The zero-order valence-electron chi connectivity index (χ0n) is 16.2. The van der Waals surface area contributed by atoms with Gasteiger partial charge in [0.2, 0.25) is 5.91 Å². The molecule has 0 aliphatic heterocycles. The van der Waals surface area contributed by atoms with Crippen molar-refractivity contribution in [3.63, 3.8) is 0 Å². The van der Waals surface area contributed by atoms with Crippen molar-refractivity contribution >= 4 is 16.8 Å². The fourth-order valence-electron chi connectivity index (χ4n) is 3.36. The van der Waals surface area contributed by atoms with E-state index in [1.807, 2.05) is 11.0 Å². The lowest BCUT2D eigenvalue weighted by atomic mass is 10.0. The maximum atomic E-state index is 13.0. The molecule has 6 nitrogen and oxygen atoms in total. The van der Waals surface area contributed by atoms with Crippen molar-refractivity contribution in [3.8, 4) is 0 Å². The van der Waals surface area contributed by atoms with E-state index in [1.165, 1.54) is 10.2 Å². The summed E-state index contributed by atoms with van der Waals surface area (Å²) in [6.07, 6.45) is 2.02. The third kappa shape index (κ3) is 3.81. The van der Waals surface area contributed by atoms with Crippen molar-refractivity contribution in [2.45, 2.75) is 51.7 Å². The van der Waals surface area contributed by atoms with Gasteiger partial charge in [-0.1, -0.05) is 55.5 Å². The van der Waals surface area contributed by atoms with E-state index in [4.69, 9.17) is 0 Å². The van der Waals surface area contributed by atoms with Crippen LogP contribution in [0, 0.1) is 0 Å². The van der Waals surface area contributed by atoms with Gasteiger partial charge in [-0.15, -0.1) is 5.10 Å². The summed E-state index contributed by atoms with van der Waals surface area (Å²) >= 11 is 0. The number of carbonyl (C=O) groups excluding carboxylic acids is 1. The van der Waals surface area contributed by atoms with E-state index in [9.17, 15) is 9.59 Å². The number of carbonyl (C=O) groups is 1. The molecule has 0 unspecified atom stereocenters. The van der Waals surface area contributed by atoms with Gasteiger partial charge < -0.3 is 4.90 Å². The first-order valence-electron chi connectivity index (χ1n) is 9.74. The van der Waals surface area contributed by atoms with Crippen molar-refractivity contribution < 1.29 is 4.79 Å². The fraction of sp³-hybridized carbons (Fsp3) is 0.364. The molecule has 144 valence electrons. The molecule has 0 spiro atoms. The summed E-state index contributed by atoms with van der Waals surface area (Å²) in [4.78, 5) is 27.5. The summed E-state index contributed by atoms with van der Waals surface area (Å²) in [5, 5.41) is 8.50. The number of hydrogen-bond acceptors (Lipinski definition) is 4. The van der Waals surface area contributed by atoms with E-state index < -0.39 is 0 Å². The summed E-state index contributed by atoms with van der Waals surface area (Å²) in [5.41, 5.74) is 2.64. The summed E-state index contributed by atoms with van der Waals surface area (Å²) in [7, 11) is 0. The van der Waals surface area contributed by atoms with Gasteiger partial charge in [0.25, 0.3) is 5.56 Å². The SMILES string of the molecule is CC(C)c1ccc(CN(C(=O)Cn2nnc3ccccc3c2=O)C2CC2)cc1. The average Bonchev–Trinajstić information content (AvgIpc) is 3.54. The molecule has 0 N–H and O–H groups in total. The molecule has 2 aromatic carbocycles. The van der Waals surface area contributed by atoms with Crippen LogP contribution in [0.5, 0.6) is 0 Å². The molecular weight excluding hydrogens is 352 g/mol. The van der Waals surface area contributed by atoms with Crippen LogP contribution >= 0.6 is 0 Å². The molecule has 0 bridgehead atoms. The van der Waals surface area contributed by atoms with Crippen molar-refractivity contribution in [2.24, 2.45) is 0 Å². The molecule has 4 rings (SSSR count). The summed E-state index contributed by atoms with van der Waals surface area (Å²) in [5.74, 6) is 0.385. The Bertz CT molecular complexity index is 1050. The van der Waals surface area contributed by atoms with E-state index in [2.05, 4.69) is 48.4 Å². The first-order chi connectivity index (χ1) is 13.5. The smallest absolute Gasteiger partial charge is 0.278 e. The quantitative estimate of drug-likeness (QED) is 0.663. The van der Waals surface area contributed by atoms with Crippen LogP contribution in [-0.2, 0) is 17.9 Å². The van der Waals surface area contributed by atoms with Crippen LogP contribution in [0.25, 0.3) is 10.9 Å². The molecule has 28 heavy (non-hydrogen) atoms. The number of benzene rings is 2. The zero-order chi connectivity index (χ0) is 19.7. The largest absolute Gasteiger partial charge is 0.334 e. The van der Waals surface area contributed by atoms with Crippen molar-refractivity contribution in [1.82, 2.24) is 19.9 Å². The van der Waals surface area contributed by atoms with Gasteiger partial charge in [-0.25, -0.2) is 4.68 Å². The molecule has 1 heterocycles. The van der Waals surface area contributed by atoms with Gasteiger partial charge in [0, 0.05) is 12.6 Å². The number of rotatable bonds is 6. The lowest BCUT2D eigenvalue weighted by Crippen LogP contribution is -2.38. The van der Waals surface area contributed by atoms with E-state index in [0.717, 1.165) is 18.4 Å². The van der Waals surface area contributed by atoms with Gasteiger partial charge in [0.05, 0.1) is 5.39 Å². The molecule has 1 fully saturated rings. The highest BCUT2D eigenvalue weighted by Gasteiger charge is 2.32. The second-order valence-electron chi connectivity index (χ2n) is 7.72. The number of amides is 1. The van der Waals surface area contributed by atoms with Crippen LogP contribution in [-0.4, -0.2) is 31.8 Å². The van der Waals surface area contributed by atoms with Gasteiger partial charge in [0.1, 0.15) is 12.1 Å². The van der Waals surface area contributed by atoms with E-state index >= 15 is 0 Å². The number of aromatic nitrogens is 3. The first kappa shape index (κ1) is 18.3. The number of fused-ring (bicyclic) bond motifs is 1. The highest BCUT2D eigenvalue weighted by atomic mass is 16.2. The minimum absolute atomic E-state index is 0.0861. The molecule has 1 aromatic heterocycles. The molecule has 0 atom stereocenters. The molecule has 0 radical (unpaired) electrons. The van der Waals surface area contributed by atoms with E-state index in [0.29, 0.717) is 23.4 Å². The topological polar surface area (TPSA) is 68.1 Å². The zero-order valence-corrected chi connectivity index (χ0v) is 16.2. The van der Waals surface area contributed by atoms with Gasteiger partial charge in [-0.3, -0.25) is 9.59 Å². The average molecular weight is 376 g/mol. The highest BCUT2D eigenvalue weighted by Crippen LogP contribution is 2.29. The maximum Gasteiger partial charge on any atom is 0.278 e. The van der Waals surface area contributed by atoms with Crippen LogP contribution in [0.1, 0.15) is 43.7 Å². The molecule has 1 aliphatic rings. The molecular formula is C22H24N4O2. The highest BCUT2D eigenvalue weighted by molar-refractivity contribution is 5.78. The van der Waals surface area contributed by atoms with E-state index in [1.54, 1.807) is 18.2 Å². The van der Waals surface area contributed by atoms with Gasteiger partial charge in [0.15, 0.2) is 0 Å². The minimum atomic E-state index is -0.281. The predicted molar refractivity (Wildman–Crippen MR) is 108 cm³/mol. The molecule has 6 heteroatoms. The summed E-state index contributed by atoms with van der Waals surface area (Å²) in [6.45, 7) is 4.80. The lowest BCUT2D eigenvalue weighted by molar-refractivity contribution is -0.133. The second kappa shape index (κ2) is 7.54. The van der Waals surface area contributed by atoms with Crippen LogP contribution in [0.15, 0.2) is 53.3 Å². The Morgan fingerprint density at radius 2 is 1.86 bits per heavy atom. The van der Waals surface area contributed by atoms with Crippen LogP contribution < -0.4 is 5.56 Å². The number of nitrogens with zero attached hydrogens (tertiary/aromatic N) is 4. The Labute approximate surface area is 163 Å². The Kier molecular flexibility index (Phi) is 4.94. The monoisotopic (exact) mass is 376 g/mol. The van der Waals surface area contributed by atoms with Crippen LogP contribution in [0.2, 0.25) is 0 Å². The molecule has 1 saturated carbocycles. The predicted octanol–water partition coefficient (Wildman–Crippen LogP) is 3.11. The Hall–Kier alpha value is -3.02. The molecule has 1 aliphatic carbocycles. The second-order valence-corrected chi connectivity index (χ2v) is 7.72. The van der Waals surface area contributed by atoms with Gasteiger partial charge >= 0.3 is 0 Å². The first-order valence-corrected chi connectivity index (χ1v) is 9.74. The molecule has 3 aromatic rings.